The molecular formula is C18H15N3O4. The largest absolute Gasteiger partial charge is 0.492 e. The molecule has 1 N–H and O–H groups in total. The molecule has 0 aromatic heterocycles. The van der Waals surface area contributed by atoms with Crippen LogP contribution in [0.5, 0.6) is 5.75 Å². The van der Waals surface area contributed by atoms with Gasteiger partial charge in [-0.2, -0.15) is 5.26 Å². The van der Waals surface area contributed by atoms with E-state index in [0.29, 0.717) is 18.0 Å². The summed E-state index contributed by atoms with van der Waals surface area (Å²) >= 11 is 0. The quantitative estimate of drug-likeness (QED) is 0.375. The zero-order valence-electron chi connectivity index (χ0n) is 13.4. The Bertz CT molecular complexity index is 869. The molecule has 0 saturated heterocycles. The van der Waals surface area contributed by atoms with Crippen molar-refractivity contribution in [2.45, 2.75) is 6.92 Å². The molecule has 0 aliphatic carbocycles. The minimum atomic E-state index is -0.673. The highest BCUT2D eigenvalue weighted by Crippen LogP contribution is 2.25. The number of amides is 1. The number of nitrogens with one attached hydrogen (secondary N) is 1. The molecule has 0 spiro atoms. The zero-order chi connectivity index (χ0) is 18.2. The lowest BCUT2D eigenvalue weighted by Gasteiger charge is -2.10. The van der Waals surface area contributed by atoms with Crippen LogP contribution in [0.15, 0.2) is 54.1 Å². The van der Waals surface area contributed by atoms with Crippen molar-refractivity contribution < 1.29 is 14.5 Å². The molecule has 25 heavy (non-hydrogen) atoms. The van der Waals surface area contributed by atoms with Gasteiger partial charge in [-0.3, -0.25) is 14.9 Å². The number of ether oxygens (including phenoxy) is 1. The van der Waals surface area contributed by atoms with Crippen LogP contribution in [0, 0.1) is 21.4 Å². The number of para-hydroxylation sites is 3. The SMILES string of the molecule is CCOc1ccccc1NC(=O)/C(C#N)=C/c1ccccc1[N+](=O)[O-]. The lowest BCUT2D eigenvalue weighted by molar-refractivity contribution is -0.385. The number of nitrogens with zero attached hydrogens (tertiary/aromatic N) is 2. The average molecular weight is 337 g/mol. The average Bonchev–Trinajstić information content (AvgIpc) is 2.61. The first-order chi connectivity index (χ1) is 12.1. The topological polar surface area (TPSA) is 105 Å². The van der Waals surface area contributed by atoms with Gasteiger partial charge < -0.3 is 10.1 Å². The minimum Gasteiger partial charge on any atom is -0.492 e. The molecule has 2 aromatic carbocycles. The van der Waals surface area contributed by atoms with Crippen molar-refractivity contribution in [3.63, 3.8) is 0 Å². The highest BCUT2D eigenvalue weighted by molar-refractivity contribution is 6.10. The van der Waals surface area contributed by atoms with Gasteiger partial charge in [0, 0.05) is 6.07 Å². The maximum Gasteiger partial charge on any atom is 0.276 e. The fraction of sp³-hybridized carbons (Fsp3) is 0.111. The number of anilines is 1. The monoisotopic (exact) mass is 337 g/mol. The highest BCUT2D eigenvalue weighted by Gasteiger charge is 2.16. The fourth-order valence-electron chi connectivity index (χ4n) is 2.12. The summed E-state index contributed by atoms with van der Waals surface area (Å²) in [6.45, 7) is 2.23. The van der Waals surface area contributed by atoms with Crippen LogP contribution >= 0.6 is 0 Å². The van der Waals surface area contributed by atoms with E-state index in [1.54, 1.807) is 36.4 Å². The van der Waals surface area contributed by atoms with Gasteiger partial charge in [0.2, 0.25) is 0 Å². The second-order valence-corrected chi connectivity index (χ2v) is 4.87. The molecule has 2 aromatic rings. The first-order valence-corrected chi connectivity index (χ1v) is 7.45. The van der Waals surface area contributed by atoms with E-state index >= 15 is 0 Å². The Balaban J connectivity index is 2.32. The van der Waals surface area contributed by atoms with E-state index in [-0.39, 0.29) is 16.8 Å². The van der Waals surface area contributed by atoms with Crippen LogP contribution in [0.1, 0.15) is 12.5 Å². The van der Waals surface area contributed by atoms with E-state index in [1.165, 1.54) is 24.3 Å². The second-order valence-electron chi connectivity index (χ2n) is 4.87. The summed E-state index contributed by atoms with van der Waals surface area (Å²) in [5.41, 5.74) is 0.161. The van der Waals surface area contributed by atoms with Crippen LogP contribution in [0.25, 0.3) is 6.08 Å². The van der Waals surface area contributed by atoms with Crippen LogP contribution in [0.4, 0.5) is 11.4 Å². The van der Waals surface area contributed by atoms with E-state index in [1.807, 2.05) is 6.92 Å². The number of nitriles is 1. The smallest absolute Gasteiger partial charge is 0.276 e. The van der Waals surface area contributed by atoms with Gasteiger partial charge in [-0.15, -0.1) is 0 Å². The Morgan fingerprint density at radius 2 is 1.96 bits per heavy atom. The molecule has 0 bridgehead atoms. The summed E-state index contributed by atoms with van der Waals surface area (Å²) in [6, 6.07) is 14.5. The Morgan fingerprint density at radius 3 is 2.64 bits per heavy atom. The summed E-state index contributed by atoms with van der Waals surface area (Å²) in [7, 11) is 0. The third-order valence-electron chi connectivity index (χ3n) is 3.23. The van der Waals surface area contributed by atoms with Crippen LogP contribution < -0.4 is 10.1 Å². The highest BCUT2D eigenvalue weighted by atomic mass is 16.6. The second kappa shape index (κ2) is 8.26. The number of rotatable bonds is 6. The van der Waals surface area contributed by atoms with Crippen molar-refractivity contribution in [2.75, 3.05) is 11.9 Å². The predicted molar refractivity (Wildman–Crippen MR) is 92.9 cm³/mol. The molecule has 0 radical (unpaired) electrons. The third kappa shape index (κ3) is 4.42. The van der Waals surface area contributed by atoms with Gasteiger partial charge >= 0.3 is 0 Å². The van der Waals surface area contributed by atoms with Crippen LogP contribution in [0.2, 0.25) is 0 Å². The molecule has 0 fully saturated rings. The molecular weight excluding hydrogens is 322 g/mol. The van der Waals surface area contributed by atoms with Gasteiger partial charge in [-0.25, -0.2) is 0 Å². The van der Waals surface area contributed by atoms with E-state index in [4.69, 9.17) is 4.74 Å². The van der Waals surface area contributed by atoms with Crippen molar-refractivity contribution in [2.24, 2.45) is 0 Å². The summed E-state index contributed by atoms with van der Waals surface area (Å²) in [4.78, 5) is 22.8. The van der Waals surface area contributed by atoms with E-state index < -0.39 is 10.8 Å². The van der Waals surface area contributed by atoms with Crippen molar-refractivity contribution in [3.05, 3.63) is 69.8 Å². The summed E-state index contributed by atoms with van der Waals surface area (Å²) in [5.74, 6) is -0.200. The Morgan fingerprint density at radius 1 is 1.28 bits per heavy atom. The molecule has 0 atom stereocenters. The Hall–Kier alpha value is -3.66. The molecule has 2 rings (SSSR count). The molecule has 0 saturated carbocycles. The van der Waals surface area contributed by atoms with Crippen molar-refractivity contribution in [1.29, 1.82) is 5.26 Å². The fourth-order valence-corrected chi connectivity index (χ4v) is 2.12. The van der Waals surface area contributed by atoms with Gasteiger partial charge in [-0.1, -0.05) is 24.3 Å². The van der Waals surface area contributed by atoms with Gasteiger partial charge in [0.1, 0.15) is 17.4 Å². The number of hydrogen-bond donors (Lipinski definition) is 1. The number of benzene rings is 2. The lowest BCUT2D eigenvalue weighted by Crippen LogP contribution is -2.14. The standard InChI is InChI=1S/C18H15N3O4/c1-2-25-17-10-6-4-8-15(17)20-18(22)14(12-19)11-13-7-3-5-9-16(13)21(23)24/h3-11H,2H2,1H3,(H,20,22)/b14-11+. The summed E-state index contributed by atoms with van der Waals surface area (Å²) in [6.07, 6.45) is 1.19. The first kappa shape index (κ1) is 17.7. The van der Waals surface area contributed by atoms with Gasteiger partial charge in [0.25, 0.3) is 11.6 Å². The van der Waals surface area contributed by atoms with E-state index in [0.717, 1.165) is 0 Å². The molecule has 7 heteroatoms. The van der Waals surface area contributed by atoms with E-state index in [9.17, 15) is 20.2 Å². The van der Waals surface area contributed by atoms with Gasteiger partial charge in [0.05, 0.1) is 22.8 Å². The van der Waals surface area contributed by atoms with Crippen LogP contribution in [-0.2, 0) is 4.79 Å². The number of nitro benzene ring substituents is 1. The van der Waals surface area contributed by atoms with Gasteiger partial charge in [0.15, 0.2) is 0 Å². The summed E-state index contributed by atoms with van der Waals surface area (Å²) in [5, 5.41) is 22.9. The van der Waals surface area contributed by atoms with E-state index in [2.05, 4.69) is 5.32 Å². The van der Waals surface area contributed by atoms with Crippen LogP contribution in [-0.4, -0.2) is 17.4 Å². The number of carbonyl (C=O) groups is 1. The molecule has 1 amide bonds. The normalized spacial score (nSPS) is 10.6. The Kier molecular flexibility index (Phi) is 5.85. The number of hydrogen-bond acceptors (Lipinski definition) is 5. The third-order valence-corrected chi connectivity index (χ3v) is 3.23. The molecule has 0 unspecified atom stereocenters. The maximum absolute atomic E-state index is 12.4. The lowest BCUT2D eigenvalue weighted by atomic mass is 10.1. The zero-order valence-corrected chi connectivity index (χ0v) is 13.4. The molecule has 7 nitrogen and oxygen atoms in total. The number of nitro groups is 1. The minimum absolute atomic E-state index is 0.178. The summed E-state index contributed by atoms with van der Waals surface area (Å²) < 4.78 is 5.41. The molecule has 126 valence electrons. The van der Waals surface area contributed by atoms with Crippen LogP contribution in [0.3, 0.4) is 0 Å². The van der Waals surface area contributed by atoms with Crippen molar-refractivity contribution in [3.8, 4) is 11.8 Å². The predicted octanol–water partition coefficient (Wildman–Crippen LogP) is 3.54. The van der Waals surface area contributed by atoms with Crippen molar-refractivity contribution in [1.82, 2.24) is 0 Å². The number of carbonyl (C=O) groups excluding carboxylic acids is 1. The maximum atomic E-state index is 12.4. The molecule has 0 heterocycles. The molecule has 0 aliphatic heterocycles. The van der Waals surface area contributed by atoms with Gasteiger partial charge in [-0.05, 0) is 31.2 Å². The Labute approximate surface area is 144 Å². The molecule has 0 aliphatic rings. The van der Waals surface area contributed by atoms with Crippen molar-refractivity contribution >= 4 is 23.4 Å². The first-order valence-electron chi connectivity index (χ1n) is 7.45.